The number of carboxylic acid groups (broad SMARTS) is 1. The molecule has 0 saturated heterocycles. The summed E-state index contributed by atoms with van der Waals surface area (Å²) in [7, 11) is 1.36. The summed E-state index contributed by atoms with van der Waals surface area (Å²) in [6.45, 7) is 9.86. The van der Waals surface area contributed by atoms with Gasteiger partial charge < -0.3 is 25.2 Å². The zero-order valence-corrected chi connectivity index (χ0v) is 22.8. The monoisotopic (exact) mass is 520 g/mol. The lowest BCUT2D eigenvalue weighted by Crippen LogP contribution is -2.49. The number of carbonyl (C=O) groups excluding carboxylic acids is 2. The summed E-state index contributed by atoms with van der Waals surface area (Å²) in [5.74, 6) is -2.38. The van der Waals surface area contributed by atoms with E-state index in [1.807, 2.05) is 6.92 Å². The molecule has 2 amide bonds. The Morgan fingerprint density at radius 2 is 1.76 bits per heavy atom. The van der Waals surface area contributed by atoms with Gasteiger partial charge in [-0.3, -0.25) is 14.4 Å². The summed E-state index contributed by atoms with van der Waals surface area (Å²) >= 11 is 0. The third kappa shape index (κ3) is 6.73. The molecule has 0 bridgehead atoms. The highest BCUT2D eigenvalue weighted by Gasteiger charge is 2.39. The van der Waals surface area contributed by atoms with E-state index in [2.05, 4.69) is 31.4 Å². The van der Waals surface area contributed by atoms with Crippen molar-refractivity contribution in [2.45, 2.75) is 97.8 Å². The molecule has 8 nitrogen and oxygen atoms in total. The average molecular weight is 521 g/mol. The Balaban J connectivity index is 1.71. The number of amides is 2. The predicted octanol–water partition coefficient (Wildman–Crippen LogP) is 4.70. The molecule has 9 heteroatoms. The number of hydrogen-bond donors (Lipinski definition) is 3. The second-order valence-electron chi connectivity index (χ2n) is 11.9. The number of benzene rings is 1. The van der Waals surface area contributed by atoms with Crippen molar-refractivity contribution in [3.63, 3.8) is 0 Å². The fourth-order valence-electron chi connectivity index (χ4n) is 4.94. The molecule has 0 spiro atoms. The topological polar surface area (TPSA) is 114 Å². The summed E-state index contributed by atoms with van der Waals surface area (Å²) in [6, 6.07) is 2.09. The van der Waals surface area contributed by atoms with E-state index in [1.54, 1.807) is 6.92 Å². The minimum Gasteiger partial charge on any atom is -0.496 e. The van der Waals surface area contributed by atoms with Gasteiger partial charge >= 0.3 is 5.97 Å². The van der Waals surface area contributed by atoms with Crippen molar-refractivity contribution in [3.05, 3.63) is 23.5 Å². The van der Waals surface area contributed by atoms with Crippen LogP contribution in [0, 0.1) is 22.6 Å². The fraction of sp³-hybridized carbons (Fsp3) is 0.679. The first-order chi connectivity index (χ1) is 17.2. The van der Waals surface area contributed by atoms with Crippen molar-refractivity contribution >= 4 is 17.8 Å². The first-order valence-electron chi connectivity index (χ1n) is 13.1. The molecule has 206 valence electrons. The maximum atomic E-state index is 14.8. The van der Waals surface area contributed by atoms with Gasteiger partial charge in [-0.2, -0.15) is 0 Å². The summed E-state index contributed by atoms with van der Waals surface area (Å²) in [5, 5.41) is 15.5. The van der Waals surface area contributed by atoms with Crippen LogP contribution in [0.4, 0.5) is 4.39 Å². The van der Waals surface area contributed by atoms with E-state index < -0.39 is 23.1 Å². The fourth-order valence-corrected chi connectivity index (χ4v) is 4.94. The number of nitrogens with one attached hydrogen (secondary N) is 2. The standard InChI is InChI=1S/C28H41FN2O6/c1-16(27(2,3)4)30-24(32)18-8-7-9-21(18)31-25(33)19-14-23(20(29)15-22(19)36-6)37-17-10-12-28(5,13-11-17)26(34)35/h14-18,21H,7-13H2,1-6H3,(H,30,32)(H,31,33)(H,34,35)/t16?,17?,18-,21+,28?/m0/s1. The number of aliphatic carboxylic acids is 1. The highest BCUT2D eigenvalue weighted by Crippen LogP contribution is 2.39. The smallest absolute Gasteiger partial charge is 0.309 e. The van der Waals surface area contributed by atoms with E-state index in [9.17, 15) is 23.9 Å². The van der Waals surface area contributed by atoms with Gasteiger partial charge in [-0.15, -0.1) is 0 Å². The molecule has 0 heterocycles. The minimum atomic E-state index is -0.840. The molecule has 2 aliphatic carbocycles. The summed E-state index contributed by atoms with van der Waals surface area (Å²) < 4.78 is 26.0. The number of rotatable bonds is 8. The number of methoxy groups -OCH3 is 1. The van der Waals surface area contributed by atoms with Crippen molar-refractivity contribution in [2.24, 2.45) is 16.7 Å². The maximum absolute atomic E-state index is 14.8. The summed E-state index contributed by atoms with van der Waals surface area (Å²) in [4.78, 5) is 37.8. The van der Waals surface area contributed by atoms with E-state index in [1.165, 1.54) is 13.2 Å². The molecule has 1 aromatic carbocycles. The van der Waals surface area contributed by atoms with Crippen LogP contribution in [-0.2, 0) is 9.59 Å². The second kappa shape index (κ2) is 11.3. The summed E-state index contributed by atoms with van der Waals surface area (Å²) in [6.07, 6.45) is 3.62. The van der Waals surface area contributed by atoms with Crippen molar-refractivity contribution in [1.82, 2.24) is 10.6 Å². The van der Waals surface area contributed by atoms with Crippen LogP contribution in [0.2, 0.25) is 0 Å². The van der Waals surface area contributed by atoms with Crippen LogP contribution in [-0.4, -0.2) is 48.2 Å². The quantitative estimate of drug-likeness (QED) is 0.458. The molecule has 3 rings (SSSR count). The van der Waals surface area contributed by atoms with Crippen molar-refractivity contribution in [3.8, 4) is 11.5 Å². The van der Waals surface area contributed by atoms with Crippen LogP contribution in [0.15, 0.2) is 12.1 Å². The normalized spacial score (nSPS) is 26.7. The molecular weight excluding hydrogens is 479 g/mol. The third-order valence-electron chi connectivity index (χ3n) is 8.17. The zero-order valence-electron chi connectivity index (χ0n) is 22.8. The van der Waals surface area contributed by atoms with Gasteiger partial charge in [0.2, 0.25) is 5.91 Å². The average Bonchev–Trinajstić information content (AvgIpc) is 3.28. The highest BCUT2D eigenvalue weighted by molar-refractivity contribution is 5.98. The first-order valence-corrected chi connectivity index (χ1v) is 13.1. The Morgan fingerprint density at radius 1 is 1.11 bits per heavy atom. The molecule has 0 aliphatic heterocycles. The largest absolute Gasteiger partial charge is 0.496 e. The minimum absolute atomic E-state index is 0.0259. The molecule has 2 saturated carbocycles. The van der Waals surface area contributed by atoms with Crippen molar-refractivity contribution in [1.29, 1.82) is 0 Å². The lowest BCUT2D eigenvalue weighted by Gasteiger charge is -2.34. The van der Waals surface area contributed by atoms with Crippen LogP contribution in [0.1, 0.15) is 89.9 Å². The molecule has 1 unspecified atom stereocenters. The van der Waals surface area contributed by atoms with E-state index in [-0.39, 0.29) is 52.5 Å². The number of carboxylic acids is 1. The Kier molecular flexibility index (Phi) is 8.75. The molecule has 0 aromatic heterocycles. The van der Waals surface area contributed by atoms with Crippen molar-refractivity contribution < 1.29 is 33.4 Å². The molecule has 3 N–H and O–H groups in total. The van der Waals surface area contributed by atoms with Gasteiger partial charge in [0.05, 0.1) is 30.1 Å². The van der Waals surface area contributed by atoms with Gasteiger partial charge in [-0.1, -0.05) is 27.2 Å². The molecular formula is C28H41FN2O6. The Labute approximate surface area is 218 Å². The molecule has 37 heavy (non-hydrogen) atoms. The van der Waals surface area contributed by atoms with Crippen molar-refractivity contribution in [2.75, 3.05) is 7.11 Å². The van der Waals surface area contributed by atoms with Gasteiger partial charge in [0.25, 0.3) is 5.91 Å². The molecule has 2 fully saturated rings. The third-order valence-corrected chi connectivity index (χ3v) is 8.17. The van der Waals surface area contributed by atoms with E-state index in [4.69, 9.17) is 9.47 Å². The Hall–Kier alpha value is -2.84. The van der Waals surface area contributed by atoms with Crippen LogP contribution >= 0.6 is 0 Å². The van der Waals surface area contributed by atoms with Crippen LogP contribution in [0.25, 0.3) is 0 Å². The number of hydrogen-bond acceptors (Lipinski definition) is 5. The molecule has 3 atom stereocenters. The molecule has 0 radical (unpaired) electrons. The first kappa shape index (κ1) is 28.7. The zero-order chi connectivity index (χ0) is 27.5. The van der Waals surface area contributed by atoms with E-state index in [0.29, 0.717) is 38.5 Å². The Bertz CT molecular complexity index is 1010. The lowest BCUT2D eigenvalue weighted by molar-refractivity contribution is -0.150. The molecule has 1 aromatic rings. The van der Waals surface area contributed by atoms with Gasteiger partial charge in [0.15, 0.2) is 11.6 Å². The van der Waals surface area contributed by atoms with Gasteiger partial charge in [0, 0.05) is 18.2 Å². The number of halogens is 1. The predicted molar refractivity (Wildman–Crippen MR) is 137 cm³/mol. The SMILES string of the molecule is COc1cc(F)c(OC2CCC(C)(C(=O)O)CC2)cc1C(=O)N[C@@H]1CCC[C@@H]1C(=O)NC(C)C(C)(C)C. The van der Waals surface area contributed by atoms with Gasteiger partial charge in [-0.25, -0.2) is 4.39 Å². The lowest BCUT2D eigenvalue weighted by atomic mass is 9.75. The van der Waals surface area contributed by atoms with E-state index in [0.717, 1.165) is 12.5 Å². The number of ether oxygens (including phenoxy) is 2. The maximum Gasteiger partial charge on any atom is 0.309 e. The summed E-state index contributed by atoms with van der Waals surface area (Å²) in [5.41, 5.74) is -0.771. The van der Waals surface area contributed by atoms with Gasteiger partial charge in [-0.05, 0) is 63.9 Å². The van der Waals surface area contributed by atoms with E-state index >= 15 is 0 Å². The van der Waals surface area contributed by atoms with Crippen LogP contribution < -0.4 is 20.1 Å². The second-order valence-corrected chi connectivity index (χ2v) is 11.9. The molecule has 2 aliphatic rings. The van der Waals surface area contributed by atoms with Crippen LogP contribution in [0.5, 0.6) is 11.5 Å². The Morgan fingerprint density at radius 3 is 2.32 bits per heavy atom. The van der Waals surface area contributed by atoms with Crippen LogP contribution in [0.3, 0.4) is 0 Å². The number of carbonyl (C=O) groups is 3. The highest BCUT2D eigenvalue weighted by atomic mass is 19.1. The van der Waals surface area contributed by atoms with Gasteiger partial charge in [0.1, 0.15) is 5.75 Å².